The van der Waals surface area contributed by atoms with Crippen LogP contribution < -0.4 is 0 Å². The van der Waals surface area contributed by atoms with Crippen molar-refractivity contribution in [3.8, 4) is 0 Å². The van der Waals surface area contributed by atoms with Gasteiger partial charge in [0.05, 0.1) is 19.8 Å². The number of likely N-dealkylation sites (N-methyl/N-ethyl adjacent to an activating group) is 1. The van der Waals surface area contributed by atoms with Crippen molar-refractivity contribution in [1.82, 2.24) is 19.4 Å². The zero-order valence-corrected chi connectivity index (χ0v) is 15.5. The second-order valence-corrected chi connectivity index (χ2v) is 7.21. The molecule has 25 heavy (non-hydrogen) atoms. The van der Waals surface area contributed by atoms with E-state index in [1.807, 2.05) is 6.20 Å². The molecule has 0 amide bonds. The molecule has 5 nitrogen and oxygen atoms in total. The monoisotopic (exact) mass is 342 g/mol. The van der Waals surface area contributed by atoms with Crippen LogP contribution in [-0.4, -0.2) is 66.3 Å². The highest BCUT2D eigenvalue weighted by atomic mass is 16.5. The van der Waals surface area contributed by atoms with E-state index < -0.39 is 0 Å². The average Bonchev–Trinajstić information content (AvgIpc) is 2.96. The van der Waals surface area contributed by atoms with Crippen LogP contribution in [0.3, 0.4) is 0 Å². The maximum atomic E-state index is 5.94. The Labute approximate surface area is 151 Å². The van der Waals surface area contributed by atoms with Crippen molar-refractivity contribution >= 4 is 0 Å². The van der Waals surface area contributed by atoms with Gasteiger partial charge in [-0.1, -0.05) is 30.3 Å². The lowest BCUT2D eigenvalue weighted by Crippen LogP contribution is -2.32. The highest BCUT2D eigenvalue weighted by molar-refractivity contribution is 5.15. The highest BCUT2D eigenvalue weighted by Gasteiger charge is 2.22. The number of benzene rings is 1. The van der Waals surface area contributed by atoms with Crippen LogP contribution in [0.15, 0.2) is 42.7 Å². The minimum atomic E-state index is 0.508. The second-order valence-electron chi connectivity index (χ2n) is 7.21. The standard InChI is InChI=1S/C20H30N4O/c1-22(2)12-13-25-17-19-14-23(10-8-18-6-4-3-5-7-18)16-20-21-9-11-24(20)15-19/h3-7,9,11,19H,8,10,12-17H2,1-2H3. The van der Waals surface area contributed by atoms with E-state index >= 15 is 0 Å². The number of nitrogens with zero attached hydrogens (tertiary/aromatic N) is 4. The fourth-order valence-corrected chi connectivity index (χ4v) is 3.33. The smallest absolute Gasteiger partial charge is 0.122 e. The van der Waals surface area contributed by atoms with Gasteiger partial charge in [-0.2, -0.15) is 0 Å². The van der Waals surface area contributed by atoms with Gasteiger partial charge in [0.2, 0.25) is 0 Å². The van der Waals surface area contributed by atoms with E-state index in [0.717, 1.165) is 52.4 Å². The Balaban J connectivity index is 1.56. The normalized spacial score (nSPS) is 18.3. The Hall–Kier alpha value is -1.69. The van der Waals surface area contributed by atoms with Gasteiger partial charge in [0.15, 0.2) is 0 Å². The summed E-state index contributed by atoms with van der Waals surface area (Å²) in [6.45, 7) is 6.63. The molecule has 2 aromatic rings. The lowest BCUT2D eigenvalue weighted by molar-refractivity contribution is 0.0695. The molecular weight excluding hydrogens is 312 g/mol. The first-order valence-corrected chi connectivity index (χ1v) is 9.19. The van der Waals surface area contributed by atoms with Crippen LogP contribution in [0.2, 0.25) is 0 Å². The predicted octanol–water partition coefficient (Wildman–Crippen LogP) is 2.14. The van der Waals surface area contributed by atoms with E-state index in [-0.39, 0.29) is 0 Å². The minimum Gasteiger partial charge on any atom is -0.380 e. The summed E-state index contributed by atoms with van der Waals surface area (Å²) in [5.41, 5.74) is 1.40. The van der Waals surface area contributed by atoms with E-state index in [4.69, 9.17) is 4.74 Å². The van der Waals surface area contributed by atoms with Crippen molar-refractivity contribution in [3.63, 3.8) is 0 Å². The molecule has 0 aliphatic carbocycles. The van der Waals surface area contributed by atoms with Gasteiger partial charge in [-0.05, 0) is 26.1 Å². The highest BCUT2D eigenvalue weighted by Crippen LogP contribution is 2.16. The molecular formula is C20H30N4O. The zero-order valence-electron chi connectivity index (χ0n) is 15.5. The summed E-state index contributed by atoms with van der Waals surface area (Å²) in [6, 6.07) is 10.7. The summed E-state index contributed by atoms with van der Waals surface area (Å²) in [5.74, 6) is 1.68. The SMILES string of the molecule is CN(C)CCOCC1CN(CCc2ccccc2)Cc2nccn2C1. The maximum absolute atomic E-state index is 5.94. The summed E-state index contributed by atoms with van der Waals surface area (Å²) < 4.78 is 8.23. The number of hydrogen-bond donors (Lipinski definition) is 0. The van der Waals surface area contributed by atoms with Crippen LogP contribution in [0, 0.1) is 5.92 Å². The minimum absolute atomic E-state index is 0.508. The molecule has 0 saturated carbocycles. The first kappa shape index (κ1) is 18.1. The summed E-state index contributed by atoms with van der Waals surface area (Å²) in [6.07, 6.45) is 5.10. The fourth-order valence-electron chi connectivity index (χ4n) is 3.33. The van der Waals surface area contributed by atoms with Crippen LogP contribution in [0.1, 0.15) is 11.4 Å². The topological polar surface area (TPSA) is 33.5 Å². The molecule has 1 aromatic heterocycles. The van der Waals surface area contributed by atoms with Gasteiger partial charge in [-0.25, -0.2) is 4.98 Å². The summed E-state index contributed by atoms with van der Waals surface area (Å²) in [5, 5.41) is 0. The first-order chi connectivity index (χ1) is 12.2. The Kier molecular flexibility index (Phi) is 6.62. The number of aromatic nitrogens is 2. The molecule has 2 heterocycles. The van der Waals surface area contributed by atoms with Crippen LogP contribution in [0.4, 0.5) is 0 Å². The van der Waals surface area contributed by atoms with Crippen molar-refractivity contribution in [2.24, 2.45) is 5.92 Å². The maximum Gasteiger partial charge on any atom is 0.122 e. The molecule has 0 saturated heterocycles. The summed E-state index contributed by atoms with van der Waals surface area (Å²) in [4.78, 5) is 9.24. The number of imidazole rings is 1. The molecule has 0 radical (unpaired) electrons. The lowest BCUT2D eigenvalue weighted by atomic mass is 10.1. The predicted molar refractivity (Wildman–Crippen MR) is 101 cm³/mol. The molecule has 0 N–H and O–H groups in total. The van der Waals surface area contributed by atoms with Gasteiger partial charge in [0, 0.05) is 44.5 Å². The molecule has 0 fully saturated rings. The number of rotatable bonds is 8. The van der Waals surface area contributed by atoms with E-state index in [9.17, 15) is 0 Å². The van der Waals surface area contributed by atoms with Gasteiger partial charge >= 0.3 is 0 Å². The third kappa shape index (κ3) is 5.66. The molecule has 1 aliphatic rings. The van der Waals surface area contributed by atoms with Gasteiger partial charge in [-0.3, -0.25) is 4.90 Å². The Morgan fingerprint density at radius 3 is 2.84 bits per heavy atom. The third-order valence-corrected chi connectivity index (χ3v) is 4.73. The van der Waals surface area contributed by atoms with Gasteiger partial charge < -0.3 is 14.2 Å². The lowest BCUT2D eigenvalue weighted by Gasteiger charge is -2.24. The molecule has 1 aromatic carbocycles. The molecule has 3 rings (SSSR count). The fraction of sp³-hybridized carbons (Fsp3) is 0.550. The molecule has 5 heteroatoms. The van der Waals surface area contributed by atoms with E-state index in [1.165, 1.54) is 11.4 Å². The van der Waals surface area contributed by atoms with E-state index in [2.05, 4.69) is 70.0 Å². The molecule has 0 bridgehead atoms. The summed E-state index contributed by atoms with van der Waals surface area (Å²) in [7, 11) is 4.16. The molecule has 1 unspecified atom stereocenters. The molecule has 0 spiro atoms. The average molecular weight is 342 g/mol. The Bertz CT molecular complexity index is 626. The molecule has 1 aliphatic heterocycles. The summed E-state index contributed by atoms with van der Waals surface area (Å²) >= 11 is 0. The Morgan fingerprint density at radius 1 is 1.20 bits per heavy atom. The number of hydrogen-bond acceptors (Lipinski definition) is 4. The number of ether oxygens (including phenoxy) is 1. The third-order valence-electron chi connectivity index (χ3n) is 4.73. The largest absolute Gasteiger partial charge is 0.380 e. The second kappa shape index (κ2) is 9.13. The van der Waals surface area contributed by atoms with Gasteiger partial charge in [-0.15, -0.1) is 0 Å². The Morgan fingerprint density at radius 2 is 2.04 bits per heavy atom. The van der Waals surface area contributed by atoms with Crippen molar-refractivity contribution in [3.05, 3.63) is 54.1 Å². The van der Waals surface area contributed by atoms with Crippen LogP contribution in [-0.2, 0) is 24.2 Å². The van der Waals surface area contributed by atoms with Crippen LogP contribution >= 0.6 is 0 Å². The van der Waals surface area contributed by atoms with Crippen molar-refractivity contribution in [1.29, 1.82) is 0 Å². The van der Waals surface area contributed by atoms with Crippen molar-refractivity contribution in [2.75, 3.05) is 46.9 Å². The van der Waals surface area contributed by atoms with Crippen molar-refractivity contribution < 1.29 is 4.74 Å². The number of fused-ring (bicyclic) bond motifs is 1. The van der Waals surface area contributed by atoms with Gasteiger partial charge in [0.25, 0.3) is 0 Å². The van der Waals surface area contributed by atoms with E-state index in [1.54, 1.807) is 0 Å². The first-order valence-electron chi connectivity index (χ1n) is 9.19. The quantitative estimate of drug-likeness (QED) is 0.688. The molecule has 136 valence electrons. The van der Waals surface area contributed by atoms with Crippen LogP contribution in [0.25, 0.3) is 0 Å². The van der Waals surface area contributed by atoms with Gasteiger partial charge in [0.1, 0.15) is 5.82 Å². The van der Waals surface area contributed by atoms with Crippen LogP contribution in [0.5, 0.6) is 0 Å². The zero-order chi connectivity index (χ0) is 17.5. The van der Waals surface area contributed by atoms with E-state index in [0.29, 0.717) is 5.92 Å². The van der Waals surface area contributed by atoms with Crippen molar-refractivity contribution in [2.45, 2.75) is 19.5 Å². The molecule has 1 atom stereocenters.